The number of benzene rings is 1. The third-order valence-corrected chi connectivity index (χ3v) is 5.65. The number of amides is 1. The van der Waals surface area contributed by atoms with Crippen molar-refractivity contribution < 1.29 is 9.53 Å². The molecule has 1 aliphatic rings. The van der Waals surface area contributed by atoms with Gasteiger partial charge in [0, 0.05) is 50.9 Å². The highest BCUT2D eigenvalue weighted by Gasteiger charge is 2.23. The molecule has 0 saturated carbocycles. The van der Waals surface area contributed by atoms with Gasteiger partial charge >= 0.3 is 0 Å². The fraction of sp³-hybridized carbons (Fsp3) is 0.652. The van der Waals surface area contributed by atoms with Crippen LogP contribution >= 0.6 is 0 Å². The second-order valence-electron chi connectivity index (χ2n) is 8.25. The number of hydrogen-bond donors (Lipinski definition) is 3. The van der Waals surface area contributed by atoms with Crippen molar-refractivity contribution in [1.29, 1.82) is 0 Å². The van der Waals surface area contributed by atoms with E-state index < -0.39 is 0 Å². The maximum absolute atomic E-state index is 12.2. The van der Waals surface area contributed by atoms with Crippen LogP contribution in [0.3, 0.4) is 0 Å². The van der Waals surface area contributed by atoms with Gasteiger partial charge in [-0.1, -0.05) is 32.9 Å². The molecule has 7 nitrogen and oxygen atoms in total. The molecule has 0 radical (unpaired) electrons. The molecule has 1 heterocycles. The van der Waals surface area contributed by atoms with Gasteiger partial charge in [0.15, 0.2) is 5.96 Å². The summed E-state index contributed by atoms with van der Waals surface area (Å²) >= 11 is 0. The monoisotopic (exact) mass is 417 g/mol. The van der Waals surface area contributed by atoms with Crippen LogP contribution in [0.4, 0.5) is 0 Å². The molecule has 3 N–H and O–H groups in total. The van der Waals surface area contributed by atoms with Crippen molar-refractivity contribution in [3.8, 4) is 0 Å². The predicted octanol–water partition coefficient (Wildman–Crippen LogP) is 2.24. The zero-order valence-corrected chi connectivity index (χ0v) is 19.2. The average Bonchev–Trinajstić information content (AvgIpc) is 2.76. The van der Waals surface area contributed by atoms with Gasteiger partial charge in [-0.05, 0) is 37.0 Å². The Morgan fingerprint density at radius 1 is 1.13 bits per heavy atom. The van der Waals surface area contributed by atoms with E-state index in [0.717, 1.165) is 50.8 Å². The number of morpholine rings is 1. The number of aliphatic imine (C=N–C) groups is 1. The minimum Gasteiger partial charge on any atom is -0.379 e. The van der Waals surface area contributed by atoms with E-state index in [0.29, 0.717) is 24.1 Å². The lowest BCUT2D eigenvalue weighted by atomic mass is 10.0. The molecule has 0 bridgehead atoms. The minimum absolute atomic E-state index is 0.0239. The van der Waals surface area contributed by atoms with Crippen LogP contribution in [-0.4, -0.2) is 68.7 Å². The number of carbonyl (C=O) groups excluding carboxylic acids is 1. The second kappa shape index (κ2) is 12.5. The van der Waals surface area contributed by atoms with Gasteiger partial charge in [0.25, 0.3) is 5.91 Å². The molecular weight excluding hydrogens is 378 g/mol. The molecule has 0 aromatic heterocycles. The smallest absolute Gasteiger partial charge is 0.251 e. The van der Waals surface area contributed by atoms with Crippen LogP contribution in [0.1, 0.15) is 50.0 Å². The molecule has 1 aromatic carbocycles. The van der Waals surface area contributed by atoms with Crippen molar-refractivity contribution in [2.75, 3.05) is 39.9 Å². The fourth-order valence-electron chi connectivity index (χ4n) is 3.49. The Hall–Kier alpha value is -2.12. The molecule has 1 amide bonds. The number of ether oxygens (including phenoxy) is 1. The fourth-order valence-corrected chi connectivity index (χ4v) is 3.49. The lowest BCUT2D eigenvalue weighted by Gasteiger charge is -2.37. The Bertz CT molecular complexity index is 669. The summed E-state index contributed by atoms with van der Waals surface area (Å²) in [6, 6.07) is 8.33. The van der Waals surface area contributed by atoms with Crippen LogP contribution in [0.2, 0.25) is 0 Å². The summed E-state index contributed by atoms with van der Waals surface area (Å²) in [7, 11) is 1.79. The number of rotatable bonds is 9. The van der Waals surface area contributed by atoms with Crippen molar-refractivity contribution in [2.24, 2.45) is 10.9 Å². The average molecular weight is 418 g/mol. The third kappa shape index (κ3) is 7.61. The van der Waals surface area contributed by atoms with E-state index in [1.54, 1.807) is 7.05 Å². The van der Waals surface area contributed by atoms with E-state index in [1.807, 2.05) is 31.2 Å². The molecule has 2 atom stereocenters. The van der Waals surface area contributed by atoms with Gasteiger partial charge in [0.1, 0.15) is 0 Å². The summed E-state index contributed by atoms with van der Waals surface area (Å²) in [5, 5.41) is 9.83. The lowest BCUT2D eigenvalue weighted by Crippen LogP contribution is -2.52. The van der Waals surface area contributed by atoms with Crippen LogP contribution in [0, 0.1) is 5.92 Å². The van der Waals surface area contributed by atoms with Gasteiger partial charge in [-0.2, -0.15) is 0 Å². The van der Waals surface area contributed by atoms with E-state index in [2.05, 4.69) is 46.6 Å². The van der Waals surface area contributed by atoms with Crippen molar-refractivity contribution in [3.63, 3.8) is 0 Å². The molecule has 0 aliphatic carbocycles. The van der Waals surface area contributed by atoms with Crippen LogP contribution in [-0.2, 0) is 11.3 Å². The largest absolute Gasteiger partial charge is 0.379 e. The van der Waals surface area contributed by atoms with Crippen LogP contribution < -0.4 is 16.0 Å². The molecule has 30 heavy (non-hydrogen) atoms. The summed E-state index contributed by atoms with van der Waals surface area (Å²) in [4.78, 5) is 19.1. The maximum atomic E-state index is 12.2. The number of hydrogen-bond acceptors (Lipinski definition) is 4. The molecule has 1 aliphatic heterocycles. The predicted molar refractivity (Wildman–Crippen MR) is 123 cm³/mol. The van der Waals surface area contributed by atoms with E-state index in [1.165, 1.54) is 0 Å². The quantitative estimate of drug-likeness (QED) is 0.424. The van der Waals surface area contributed by atoms with Gasteiger partial charge in [-0.15, -0.1) is 0 Å². The number of nitrogens with zero attached hydrogens (tertiary/aromatic N) is 2. The maximum Gasteiger partial charge on any atom is 0.251 e. The summed E-state index contributed by atoms with van der Waals surface area (Å²) in [6.45, 7) is 13.7. The molecule has 168 valence electrons. The van der Waals surface area contributed by atoms with Gasteiger partial charge < -0.3 is 20.7 Å². The first-order valence-corrected chi connectivity index (χ1v) is 11.1. The second-order valence-corrected chi connectivity index (χ2v) is 8.25. The number of guanidine groups is 1. The van der Waals surface area contributed by atoms with Crippen LogP contribution in [0.15, 0.2) is 29.3 Å². The first kappa shape index (κ1) is 24.2. The van der Waals surface area contributed by atoms with Crippen molar-refractivity contribution in [3.05, 3.63) is 35.4 Å². The summed E-state index contributed by atoms with van der Waals surface area (Å²) in [5.41, 5.74) is 1.79. The van der Waals surface area contributed by atoms with Gasteiger partial charge in [0.05, 0.1) is 13.2 Å². The topological polar surface area (TPSA) is 78.0 Å². The van der Waals surface area contributed by atoms with E-state index >= 15 is 0 Å². The summed E-state index contributed by atoms with van der Waals surface area (Å²) in [6.07, 6.45) is 0.920. The highest BCUT2D eigenvalue weighted by molar-refractivity contribution is 5.94. The standard InChI is InChI=1S/C23H39N5O2/c1-6-18(4)27-22(29)20-9-7-19(8-10-20)15-25-23(24-5)26-16-21(17(2)3)28-11-13-30-14-12-28/h7-10,17-18,21H,6,11-16H2,1-5H3,(H,27,29)(H2,24,25,26). The highest BCUT2D eigenvalue weighted by atomic mass is 16.5. The minimum atomic E-state index is -0.0239. The molecule has 1 fully saturated rings. The Labute approximate surface area is 181 Å². The zero-order chi connectivity index (χ0) is 21.9. The first-order valence-electron chi connectivity index (χ1n) is 11.1. The summed E-state index contributed by atoms with van der Waals surface area (Å²) in [5.74, 6) is 1.31. The first-order chi connectivity index (χ1) is 14.4. The van der Waals surface area contributed by atoms with Crippen LogP contribution in [0.25, 0.3) is 0 Å². The normalized spacial score (nSPS) is 17.5. The molecule has 1 saturated heterocycles. The van der Waals surface area contributed by atoms with Crippen molar-refractivity contribution >= 4 is 11.9 Å². The molecular formula is C23H39N5O2. The Morgan fingerprint density at radius 3 is 2.37 bits per heavy atom. The number of nitrogens with one attached hydrogen (secondary N) is 3. The van der Waals surface area contributed by atoms with Crippen molar-refractivity contribution in [1.82, 2.24) is 20.9 Å². The Morgan fingerprint density at radius 2 is 1.80 bits per heavy atom. The molecule has 7 heteroatoms. The van der Waals surface area contributed by atoms with E-state index in [-0.39, 0.29) is 11.9 Å². The highest BCUT2D eigenvalue weighted by Crippen LogP contribution is 2.12. The van der Waals surface area contributed by atoms with Crippen LogP contribution in [0.5, 0.6) is 0 Å². The molecule has 2 rings (SSSR count). The van der Waals surface area contributed by atoms with E-state index in [4.69, 9.17) is 4.74 Å². The van der Waals surface area contributed by atoms with Crippen molar-refractivity contribution in [2.45, 2.75) is 52.7 Å². The van der Waals surface area contributed by atoms with Gasteiger partial charge in [0.2, 0.25) is 0 Å². The Kier molecular flexibility index (Phi) is 10.1. The molecule has 1 aromatic rings. The van der Waals surface area contributed by atoms with Gasteiger partial charge in [-0.25, -0.2) is 0 Å². The van der Waals surface area contributed by atoms with Gasteiger partial charge in [-0.3, -0.25) is 14.7 Å². The summed E-state index contributed by atoms with van der Waals surface area (Å²) < 4.78 is 5.49. The molecule has 2 unspecified atom stereocenters. The SMILES string of the molecule is CCC(C)NC(=O)c1ccc(CNC(=NC)NCC(C(C)C)N2CCOCC2)cc1. The van der Waals surface area contributed by atoms with E-state index in [9.17, 15) is 4.79 Å². The number of carbonyl (C=O) groups is 1. The lowest BCUT2D eigenvalue weighted by molar-refractivity contribution is 0.00752. The molecule has 0 spiro atoms. The zero-order valence-electron chi connectivity index (χ0n) is 19.2. The third-order valence-electron chi connectivity index (χ3n) is 5.65. The Balaban J connectivity index is 1.83.